The highest BCUT2D eigenvalue weighted by Crippen LogP contribution is 2.16. The molecular weight excluding hydrogens is 198 g/mol. The molecule has 0 aromatic rings. The predicted octanol–water partition coefficient (Wildman–Crippen LogP) is 0.849. The molecule has 3 nitrogen and oxygen atoms in total. The number of thioether (sulfide) groups is 1. The number of hydrogen-bond donors (Lipinski definition) is 3. The Hall–Kier alpha value is 0.230. The van der Waals surface area contributed by atoms with Crippen LogP contribution in [0.15, 0.2) is 0 Å². The van der Waals surface area contributed by atoms with Crippen molar-refractivity contribution in [3.63, 3.8) is 0 Å². The molecule has 3 N–H and O–H groups in total. The molecule has 86 valence electrons. The van der Waals surface area contributed by atoms with E-state index >= 15 is 0 Å². The first-order chi connectivity index (χ1) is 6.60. The van der Waals surface area contributed by atoms with Gasteiger partial charge < -0.3 is 15.5 Å². The minimum atomic E-state index is -0.572. The average Bonchev–Trinajstić information content (AvgIpc) is 2.14. The fraction of sp³-hybridized carbons (Fsp3) is 1.00. The van der Waals surface area contributed by atoms with E-state index in [2.05, 4.69) is 26.1 Å². The molecule has 3 unspecified atom stereocenters. The summed E-state index contributed by atoms with van der Waals surface area (Å²) >= 11 is 1.71. The molecule has 0 saturated heterocycles. The summed E-state index contributed by atoms with van der Waals surface area (Å²) in [4.78, 5) is 0. The van der Waals surface area contributed by atoms with Crippen LogP contribution in [-0.4, -0.2) is 46.5 Å². The van der Waals surface area contributed by atoms with Crippen molar-refractivity contribution in [2.45, 2.75) is 44.6 Å². The van der Waals surface area contributed by atoms with Crippen LogP contribution in [0.4, 0.5) is 0 Å². The van der Waals surface area contributed by atoms with E-state index in [9.17, 15) is 0 Å². The van der Waals surface area contributed by atoms with Crippen LogP contribution >= 0.6 is 11.8 Å². The van der Waals surface area contributed by atoms with Crippen molar-refractivity contribution in [2.75, 3.05) is 18.9 Å². The van der Waals surface area contributed by atoms with Crippen LogP contribution in [0.2, 0.25) is 0 Å². The second kappa shape index (κ2) is 8.53. The summed E-state index contributed by atoms with van der Waals surface area (Å²) < 4.78 is 0. The van der Waals surface area contributed by atoms with E-state index in [0.29, 0.717) is 17.0 Å². The third-order valence-electron chi connectivity index (χ3n) is 2.02. The summed E-state index contributed by atoms with van der Waals surface area (Å²) in [5, 5.41) is 21.7. The number of nitrogens with one attached hydrogen (secondary N) is 1. The molecule has 0 radical (unpaired) electrons. The minimum absolute atomic E-state index is 0.136. The number of aliphatic hydroxyl groups is 2. The predicted molar refractivity (Wildman–Crippen MR) is 62.8 cm³/mol. The Morgan fingerprint density at radius 1 is 1.36 bits per heavy atom. The molecule has 0 amide bonds. The molecule has 0 heterocycles. The van der Waals surface area contributed by atoms with E-state index in [0.717, 1.165) is 13.0 Å². The van der Waals surface area contributed by atoms with Crippen LogP contribution < -0.4 is 5.32 Å². The lowest BCUT2D eigenvalue weighted by Crippen LogP contribution is -2.28. The van der Waals surface area contributed by atoms with E-state index in [1.807, 2.05) is 0 Å². The molecule has 0 aliphatic carbocycles. The zero-order valence-electron chi connectivity index (χ0n) is 9.36. The Kier molecular flexibility index (Phi) is 8.67. The van der Waals surface area contributed by atoms with Crippen LogP contribution in [0.3, 0.4) is 0 Å². The molecule has 0 spiro atoms. The minimum Gasteiger partial charge on any atom is -0.394 e. The third kappa shape index (κ3) is 7.62. The fourth-order valence-electron chi connectivity index (χ4n) is 1.33. The van der Waals surface area contributed by atoms with Crippen LogP contribution in [0.25, 0.3) is 0 Å². The van der Waals surface area contributed by atoms with Gasteiger partial charge in [0.05, 0.1) is 12.7 Å². The van der Waals surface area contributed by atoms with Gasteiger partial charge in [-0.15, -0.1) is 0 Å². The molecule has 0 aromatic heterocycles. The van der Waals surface area contributed by atoms with Crippen molar-refractivity contribution in [2.24, 2.45) is 0 Å². The molecule has 4 heteroatoms. The number of hydrogen-bond acceptors (Lipinski definition) is 4. The third-order valence-corrected chi connectivity index (χ3v) is 3.36. The average molecular weight is 221 g/mol. The fourth-order valence-corrected chi connectivity index (χ4v) is 2.41. The maximum absolute atomic E-state index is 9.16. The molecule has 0 fully saturated rings. The molecule has 0 aromatic carbocycles. The van der Waals surface area contributed by atoms with Crippen LogP contribution in [0.1, 0.15) is 27.2 Å². The Morgan fingerprint density at radius 2 is 2.00 bits per heavy atom. The van der Waals surface area contributed by atoms with E-state index in [1.165, 1.54) is 0 Å². The van der Waals surface area contributed by atoms with Crippen molar-refractivity contribution >= 4 is 11.8 Å². The summed E-state index contributed by atoms with van der Waals surface area (Å²) in [5.74, 6) is 0.622. The van der Waals surface area contributed by atoms with Crippen LogP contribution in [0.5, 0.6) is 0 Å². The largest absolute Gasteiger partial charge is 0.394 e. The smallest absolute Gasteiger partial charge is 0.0861 e. The van der Waals surface area contributed by atoms with Crippen LogP contribution in [-0.2, 0) is 0 Å². The molecule has 14 heavy (non-hydrogen) atoms. The van der Waals surface area contributed by atoms with Gasteiger partial charge in [-0.2, -0.15) is 11.8 Å². The van der Waals surface area contributed by atoms with Crippen molar-refractivity contribution in [1.82, 2.24) is 5.32 Å². The Morgan fingerprint density at radius 3 is 2.50 bits per heavy atom. The van der Waals surface area contributed by atoms with Crippen LogP contribution in [0, 0.1) is 0 Å². The lowest BCUT2D eigenvalue weighted by Gasteiger charge is -2.18. The van der Waals surface area contributed by atoms with Gasteiger partial charge in [-0.05, 0) is 19.9 Å². The van der Waals surface area contributed by atoms with Crippen molar-refractivity contribution in [3.8, 4) is 0 Å². The van der Waals surface area contributed by atoms with Gasteiger partial charge in [0.1, 0.15) is 0 Å². The van der Waals surface area contributed by atoms with E-state index in [1.54, 1.807) is 11.8 Å². The van der Waals surface area contributed by atoms with Gasteiger partial charge in [0.25, 0.3) is 0 Å². The van der Waals surface area contributed by atoms with Crippen molar-refractivity contribution in [1.29, 1.82) is 0 Å². The topological polar surface area (TPSA) is 52.5 Å². The Balaban J connectivity index is 3.49. The second-order valence-electron chi connectivity index (χ2n) is 3.67. The summed E-state index contributed by atoms with van der Waals surface area (Å²) in [5.41, 5.74) is 0. The standard InChI is InChI=1S/C10H23NO2S/c1-4-11-8(2)5-9(3)14-7-10(13)6-12/h8-13H,4-7H2,1-3H3. The normalized spacial score (nSPS) is 17.8. The molecular formula is C10H23NO2S. The van der Waals surface area contributed by atoms with Gasteiger partial charge in [-0.3, -0.25) is 0 Å². The highest BCUT2D eigenvalue weighted by atomic mass is 32.2. The summed E-state index contributed by atoms with van der Waals surface area (Å²) in [6, 6.07) is 0.522. The quantitative estimate of drug-likeness (QED) is 0.569. The van der Waals surface area contributed by atoms with Crippen molar-refractivity contribution in [3.05, 3.63) is 0 Å². The van der Waals surface area contributed by atoms with E-state index < -0.39 is 6.10 Å². The van der Waals surface area contributed by atoms with Gasteiger partial charge in [-0.25, -0.2) is 0 Å². The molecule has 0 saturated carbocycles. The second-order valence-corrected chi connectivity index (χ2v) is 5.15. The van der Waals surface area contributed by atoms with Gasteiger partial charge in [0, 0.05) is 17.0 Å². The molecule has 0 aliphatic rings. The first-order valence-electron chi connectivity index (χ1n) is 5.24. The zero-order chi connectivity index (χ0) is 11.0. The Labute approximate surface area is 91.3 Å². The highest BCUT2D eigenvalue weighted by Gasteiger charge is 2.10. The summed E-state index contributed by atoms with van der Waals surface area (Å²) in [6.07, 6.45) is 0.522. The summed E-state index contributed by atoms with van der Waals surface area (Å²) in [7, 11) is 0. The van der Waals surface area contributed by atoms with Gasteiger partial charge in [0.2, 0.25) is 0 Å². The first kappa shape index (κ1) is 14.2. The number of rotatable bonds is 8. The molecule has 0 rings (SSSR count). The molecule has 3 atom stereocenters. The highest BCUT2D eigenvalue weighted by molar-refractivity contribution is 7.99. The van der Waals surface area contributed by atoms with Gasteiger partial charge >= 0.3 is 0 Å². The van der Waals surface area contributed by atoms with Crippen molar-refractivity contribution < 1.29 is 10.2 Å². The maximum Gasteiger partial charge on any atom is 0.0861 e. The number of aliphatic hydroxyl groups excluding tert-OH is 2. The van der Waals surface area contributed by atoms with E-state index in [4.69, 9.17) is 10.2 Å². The lowest BCUT2D eigenvalue weighted by atomic mass is 10.2. The zero-order valence-corrected chi connectivity index (χ0v) is 10.2. The van der Waals surface area contributed by atoms with Gasteiger partial charge in [0.15, 0.2) is 0 Å². The molecule has 0 bridgehead atoms. The maximum atomic E-state index is 9.16. The monoisotopic (exact) mass is 221 g/mol. The first-order valence-corrected chi connectivity index (χ1v) is 6.28. The molecule has 0 aliphatic heterocycles. The SMILES string of the molecule is CCNC(C)CC(C)SCC(O)CO. The lowest BCUT2D eigenvalue weighted by molar-refractivity contribution is 0.113. The Bertz CT molecular complexity index is 135. The van der Waals surface area contributed by atoms with E-state index in [-0.39, 0.29) is 6.61 Å². The summed E-state index contributed by atoms with van der Waals surface area (Å²) in [6.45, 7) is 7.29. The van der Waals surface area contributed by atoms with Gasteiger partial charge in [-0.1, -0.05) is 13.8 Å².